The second-order valence-corrected chi connectivity index (χ2v) is 9.70. The summed E-state index contributed by atoms with van der Waals surface area (Å²) in [7, 11) is 1.25. The number of rotatable bonds is 8. The highest BCUT2D eigenvalue weighted by atomic mass is 79.9. The monoisotopic (exact) mass is 615 g/mol. The third kappa shape index (κ3) is 6.01. The maximum absolute atomic E-state index is 13.6. The maximum atomic E-state index is 13.6. The Hall–Kier alpha value is -3.80. The first-order valence-corrected chi connectivity index (χ1v) is 12.6. The van der Waals surface area contributed by atoms with Crippen LogP contribution in [0.15, 0.2) is 76.9 Å². The Morgan fingerprint density at radius 1 is 1.13 bits per heavy atom. The smallest absolute Gasteiger partial charge is 0.325 e. The Morgan fingerprint density at radius 3 is 2.45 bits per heavy atom. The molecule has 38 heavy (non-hydrogen) atoms. The number of carbonyl (C=O) groups is 2. The van der Waals surface area contributed by atoms with Crippen LogP contribution in [-0.4, -0.2) is 40.5 Å². The zero-order chi connectivity index (χ0) is 27.4. The fourth-order valence-corrected chi connectivity index (χ4v) is 4.49. The molecular weight excluding hydrogens is 598 g/mol. The number of methoxy groups -OCH3 is 1. The molecule has 0 N–H and O–H groups in total. The number of esters is 1. The molecule has 9 nitrogen and oxygen atoms in total. The molecule has 0 unspecified atom stereocenters. The number of nitro benzene ring substituents is 1. The molecule has 4 rings (SSSR count). The van der Waals surface area contributed by atoms with Gasteiger partial charge in [-0.05, 0) is 78.5 Å². The van der Waals surface area contributed by atoms with Crippen LogP contribution in [0.5, 0.6) is 5.75 Å². The minimum atomic E-state index is -0.576. The van der Waals surface area contributed by atoms with Gasteiger partial charge in [0.2, 0.25) is 0 Å². The summed E-state index contributed by atoms with van der Waals surface area (Å²) in [6.45, 7) is -0.144. The minimum absolute atomic E-state index is 0.0190. The molecule has 0 radical (unpaired) electrons. The van der Waals surface area contributed by atoms with Crippen LogP contribution in [0, 0.1) is 10.1 Å². The highest BCUT2D eigenvalue weighted by Gasteiger charge is 2.40. The van der Waals surface area contributed by atoms with Gasteiger partial charge in [-0.3, -0.25) is 24.6 Å². The van der Waals surface area contributed by atoms with Gasteiger partial charge >= 0.3 is 5.97 Å². The number of halogens is 2. The Labute approximate surface area is 236 Å². The molecule has 3 aromatic carbocycles. The lowest BCUT2D eigenvalue weighted by Gasteiger charge is -2.19. The summed E-state index contributed by atoms with van der Waals surface area (Å²) >= 11 is 15.0. The molecule has 0 aromatic heterocycles. The fraction of sp³-hybridized carbons (Fsp3) is 0.115. The van der Waals surface area contributed by atoms with Gasteiger partial charge in [0, 0.05) is 27.2 Å². The number of thiocarbonyl (C=S) groups is 1. The number of amides is 1. The van der Waals surface area contributed by atoms with Gasteiger partial charge in [0.25, 0.3) is 11.6 Å². The van der Waals surface area contributed by atoms with Crippen molar-refractivity contribution in [3.05, 3.63) is 103 Å². The molecule has 0 saturated carbocycles. The largest absolute Gasteiger partial charge is 0.488 e. The van der Waals surface area contributed by atoms with Gasteiger partial charge < -0.3 is 14.4 Å². The molecule has 0 atom stereocenters. The average Bonchev–Trinajstić information content (AvgIpc) is 3.12. The summed E-state index contributed by atoms with van der Waals surface area (Å²) in [5.41, 5.74) is 1.88. The van der Waals surface area contributed by atoms with Gasteiger partial charge in [-0.1, -0.05) is 27.5 Å². The van der Waals surface area contributed by atoms with Crippen LogP contribution in [0.25, 0.3) is 6.08 Å². The summed E-state index contributed by atoms with van der Waals surface area (Å²) in [6.07, 6.45) is 1.59. The van der Waals surface area contributed by atoms with E-state index in [1.165, 1.54) is 29.0 Å². The molecule has 1 aliphatic heterocycles. The molecule has 1 fully saturated rings. The van der Waals surface area contributed by atoms with Crippen molar-refractivity contribution in [2.45, 2.75) is 6.61 Å². The van der Waals surface area contributed by atoms with Crippen LogP contribution in [0.1, 0.15) is 11.1 Å². The zero-order valence-electron chi connectivity index (χ0n) is 19.8. The SMILES string of the molecule is COC(=O)CN1C(=S)N(c2ccc(Cl)cc2)C(=O)/C1=C/c1cc(Br)ccc1OCc1ccc([N+](=O)[O-])cc1. The van der Waals surface area contributed by atoms with E-state index in [0.29, 0.717) is 22.0 Å². The van der Waals surface area contributed by atoms with Gasteiger partial charge in [-0.25, -0.2) is 0 Å². The molecular formula is C26H19BrClN3O6S. The van der Waals surface area contributed by atoms with E-state index in [9.17, 15) is 19.7 Å². The topological polar surface area (TPSA) is 102 Å². The van der Waals surface area contributed by atoms with E-state index in [1.807, 2.05) is 0 Å². The van der Waals surface area contributed by atoms with E-state index >= 15 is 0 Å². The maximum Gasteiger partial charge on any atom is 0.325 e. The van der Waals surface area contributed by atoms with Gasteiger partial charge in [-0.2, -0.15) is 0 Å². The van der Waals surface area contributed by atoms with E-state index < -0.39 is 16.8 Å². The lowest BCUT2D eigenvalue weighted by molar-refractivity contribution is -0.384. The average molecular weight is 617 g/mol. The second-order valence-electron chi connectivity index (χ2n) is 7.99. The van der Waals surface area contributed by atoms with Crippen LogP contribution in [-0.2, 0) is 20.9 Å². The molecule has 1 heterocycles. The first-order chi connectivity index (χ1) is 18.2. The first-order valence-electron chi connectivity index (χ1n) is 11.0. The van der Waals surface area contributed by atoms with Crippen molar-refractivity contribution in [1.29, 1.82) is 0 Å². The highest BCUT2D eigenvalue weighted by Crippen LogP contribution is 2.33. The Balaban J connectivity index is 1.69. The van der Waals surface area contributed by atoms with E-state index in [4.69, 9.17) is 33.3 Å². The molecule has 0 aliphatic carbocycles. The predicted octanol–water partition coefficient (Wildman–Crippen LogP) is 5.74. The number of carbonyl (C=O) groups excluding carboxylic acids is 2. The number of non-ortho nitro benzene ring substituents is 1. The van der Waals surface area contributed by atoms with Crippen molar-refractivity contribution < 1.29 is 24.0 Å². The molecule has 194 valence electrons. The van der Waals surface area contributed by atoms with E-state index in [2.05, 4.69) is 15.9 Å². The molecule has 0 spiro atoms. The summed E-state index contributed by atoms with van der Waals surface area (Å²) in [6, 6.07) is 17.9. The van der Waals surface area contributed by atoms with Crippen LogP contribution in [0.3, 0.4) is 0 Å². The lowest BCUT2D eigenvalue weighted by Crippen LogP contribution is -2.35. The molecule has 1 amide bonds. The number of hydrogen-bond donors (Lipinski definition) is 0. The number of hydrogen-bond acceptors (Lipinski definition) is 7. The van der Waals surface area contributed by atoms with E-state index in [0.717, 1.165) is 10.0 Å². The Bertz CT molecular complexity index is 1450. The lowest BCUT2D eigenvalue weighted by atomic mass is 10.1. The number of benzene rings is 3. The van der Waals surface area contributed by atoms with Crippen LogP contribution in [0.4, 0.5) is 11.4 Å². The summed E-state index contributed by atoms with van der Waals surface area (Å²) < 4.78 is 11.5. The van der Waals surface area contributed by atoms with Gasteiger partial charge in [0.05, 0.1) is 17.7 Å². The van der Waals surface area contributed by atoms with Crippen LogP contribution in [0.2, 0.25) is 5.02 Å². The third-order valence-electron chi connectivity index (χ3n) is 5.54. The summed E-state index contributed by atoms with van der Waals surface area (Å²) in [5, 5.41) is 11.5. The van der Waals surface area contributed by atoms with Crippen molar-refractivity contribution in [3.63, 3.8) is 0 Å². The van der Waals surface area contributed by atoms with Crippen LogP contribution >= 0.6 is 39.7 Å². The minimum Gasteiger partial charge on any atom is -0.488 e. The van der Waals surface area contributed by atoms with Crippen LogP contribution < -0.4 is 9.64 Å². The number of nitrogens with zero attached hydrogens (tertiary/aromatic N) is 3. The van der Waals surface area contributed by atoms with Gasteiger partial charge in [0.15, 0.2) is 5.11 Å². The van der Waals surface area contributed by atoms with Crippen molar-refractivity contribution in [1.82, 2.24) is 4.90 Å². The normalized spacial score (nSPS) is 14.2. The Morgan fingerprint density at radius 2 is 1.82 bits per heavy atom. The highest BCUT2D eigenvalue weighted by molar-refractivity contribution is 9.10. The zero-order valence-corrected chi connectivity index (χ0v) is 23.0. The predicted molar refractivity (Wildman–Crippen MR) is 150 cm³/mol. The molecule has 12 heteroatoms. The standard InChI is InChI=1S/C26H19BrClN3O6S/c1-36-24(32)14-29-22(25(33)30(26(29)38)20-9-5-19(28)6-10-20)13-17-12-18(27)4-11-23(17)37-15-16-2-7-21(8-3-16)31(34)35/h2-13H,14-15H2,1H3/b22-13-. The fourth-order valence-electron chi connectivity index (χ4n) is 3.63. The van der Waals surface area contributed by atoms with E-state index in [-0.39, 0.29) is 29.6 Å². The summed E-state index contributed by atoms with van der Waals surface area (Å²) in [4.78, 5) is 38.9. The molecule has 1 aliphatic rings. The van der Waals surface area contributed by atoms with E-state index in [1.54, 1.807) is 60.7 Å². The number of ether oxygens (including phenoxy) is 2. The van der Waals surface area contributed by atoms with Crippen molar-refractivity contribution in [3.8, 4) is 5.75 Å². The quantitative estimate of drug-likeness (QED) is 0.104. The molecule has 3 aromatic rings. The van der Waals surface area contributed by atoms with Gasteiger partial charge in [-0.15, -0.1) is 0 Å². The second kappa shape index (κ2) is 11.7. The third-order valence-corrected chi connectivity index (χ3v) is 6.69. The number of anilines is 1. The van der Waals surface area contributed by atoms with Crippen molar-refractivity contribution in [2.24, 2.45) is 0 Å². The van der Waals surface area contributed by atoms with Gasteiger partial charge in [0.1, 0.15) is 24.6 Å². The Kier molecular flexibility index (Phi) is 8.40. The first kappa shape index (κ1) is 27.2. The van der Waals surface area contributed by atoms with Crippen molar-refractivity contribution >= 4 is 74.2 Å². The number of nitro groups is 1. The molecule has 1 saturated heterocycles. The van der Waals surface area contributed by atoms with Crippen molar-refractivity contribution in [2.75, 3.05) is 18.6 Å². The molecule has 0 bridgehead atoms. The summed E-state index contributed by atoms with van der Waals surface area (Å²) in [5.74, 6) is -0.573.